The molecule has 0 amide bonds. The molecule has 2 heterocycles. The Hall–Kier alpha value is -2.97. The first-order valence-corrected chi connectivity index (χ1v) is 11.1. The van der Waals surface area contributed by atoms with Crippen molar-refractivity contribution in [2.45, 2.75) is 30.8 Å². The lowest BCUT2D eigenvalue weighted by Gasteiger charge is -2.28. The Labute approximate surface area is 189 Å². The Morgan fingerprint density at radius 1 is 1.26 bits per heavy atom. The van der Waals surface area contributed by atoms with Gasteiger partial charge in [-0.25, -0.2) is 9.48 Å². The molecule has 1 aliphatic rings. The van der Waals surface area contributed by atoms with E-state index in [4.69, 9.17) is 16.3 Å². The molecule has 2 aromatic carbocycles. The number of aromatic hydroxyl groups is 1. The molecule has 0 fully saturated rings. The minimum Gasteiger partial charge on any atom is -0.508 e. The number of phenolic OH excluding ortho intramolecular Hbond substituents is 1. The van der Waals surface area contributed by atoms with Crippen molar-refractivity contribution in [3.8, 4) is 5.75 Å². The van der Waals surface area contributed by atoms with Crippen molar-refractivity contribution in [2.75, 3.05) is 11.9 Å². The molecule has 2 N–H and O–H groups in total. The predicted octanol–water partition coefficient (Wildman–Crippen LogP) is 4.78. The van der Waals surface area contributed by atoms with Gasteiger partial charge in [0.15, 0.2) is 0 Å². The minimum absolute atomic E-state index is 0.144. The van der Waals surface area contributed by atoms with E-state index in [1.165, 1.54) is 11.8 Å². The van der Waals surface area contributed by atoms with Gasteiger partial charge in [0.25, 0.3) is 0 Å². The highest BCUT2D eigenvalue weighted by Crippen LogP contribution is 2.37. The number of phenols is 1. The molecule has 0 saturated heterocycles. The number of nitrogens with one attached hydrogen (secondary N) is 1. The van der Waals surface area contributed by atoms with Gasteiger partial charge in [-0.15, -0.1) is 5.10 Å². The van der Waals surface area contributed by atoms with E-state index in [-0.39, 0.29) is 12.4 Å². The number of fused-ring (bicyclic) bond motifs is 1. The summed E-state index contributed by atoms with van der Waals surface area (Å²) in [7, 11) is 0. The van der Waals surface area contributed by atoms with Crippen LogP contribution in [0.4, 0.5) is 5.95 Å². The maximum absolute atomic E-state index is 12.8. The Morgan fingerprint density at radius 3 is 2.71 bits per heavy atom. The Balaban J connectivity index is 1.70. The Morgan fingerprint density at radius 2 is 2.00 bits per heavy atom. The number of thioether (sulfide) groups is 1. The van der Waals surface area contributed by atoms with Crippen LogP contribution in [0.1, 0.15) is 31.0 Å². The molecule has 1 aliphatic heterocycles. The average Bonchev–Trinajstić information content (AvgIpc) is 3.15. The lowest BCUT2D eigenvalue weighted by molar-refractivity contribution is -0.139. The number of carbonyl (C=O) groups excluding carboxylic acids is 1. The molecule has 3 aromatic rings. The van der Waals surface area contributed by atoms with Crippen LogP contribution in [-0.4, -0.2) is 32.4 Å². The molecule has 31 heavy (non-hydrogen) atoms. The van der Waals surface area contributed by atoms with Crippen LogP contribution in [0, 0.1) is 0 Å². The van der Waals surface area contributed by atoms with E-state index >= 15 is 0 Å². The maximum Gasteiger partial charge on any atom is 0.338 e. The number of aromatic nitrogens is 3. The van der Waals surface area contributed by atoms with Gasteiger partial charge in [-0.05, 0) is 43.2 Å². The molecule has 160 valence electrons. The van der Waals surface area contributed by atoms with Crippen LogP contribution in [0.2, 0.25) is 5.02 Å². The van der Waals surface area contributed by atoms with E-state index in [2.05, 4.69) is 15.4 Å². The zero-order chi connectivity index (χ0) is 22.0. The van der Waals surface area contributed by atoms with E-state index in [9.17, 15) is 9.90 Å². The van der Waals surface area contributed by atoms with Gasteiger partial charge >= 0.3 is 5.97 Å². The third-order valence-corrected chi connectivity index (χ3v) is 6.11. The number of allylic oxidation sites excluding steroid dienone is 1. The molecular formula is C22H21ClN4O3S. The number of hydrogen-bond donors (Lipinski definition) is 2. The monoisotopic (exact) mass is 456 g/mol. The van der Waals surface area contributed by atoms with E-state index in [1.54, 1.807) is 35.9 Å². The van der Waals surface area contributed by atoms with Crippen LogP contribution in [0.3, 0.4) is 0 Å². The highest BCUT2D eigenvalue weighted by Gasteiger charge is 2.35. The first-order valence-electron chi connectivity index (χ1n) is 9.74. The zero-order valence-electron chi connectivity index (χ0n) is 17.0. The second-order valence-electron chi connectivity index (χ2n) is 6.92. The van der Waals surface area contributed by atoms with E-state index in [0.717, 1.165) is 11.1 Å². The quantitative estimate of drug-likeness (QED) is 0.407. The van der Waals surface area contributed by atoms with Crippen molar-refractivity contribution in [1.29, 1.82) is 0 Å². The van der Waals surface area contributed by atoms with Crippen molar-refractivity contribution in [3.63, 3.8) is 0 Å². The van der Waals surface area contributed by atoms with Crippen molar-refractivity contribution in [3.05, 3.63) is 76.0 Å². The zero-order valence-corrected chi connectivity index (χ0v) is 18.6. The SMILES string of the molecule is CCOC(=O)C1=C(C)Nc2nc(SCc3ccccc3Cl)nn2C1c1ccc(O)cc1. The number of carbonyl (C=O) groups is 1. The second kappa shape index (κ2) is 9.03. The van der Waals surface area contributed by atoms with Gasteiger partial charge in [0.05, 0.1) is 12.2 Å². The Kier molecular flexibility index (Phi) is 6.20. The lowest BCUT2D eigenvalue weighted by atomic mass is 9.96. The number of anilines is 1. The van der Waals surface area contributed by atoms with Crippen molar-refractivity contribution >= 4 is 35.3 Å². The number of halogens is 1. The highest BCUT2D eigenvalue weighted by molar-refractivity contribution is 7.98. The van der Waals surface area contributed by atoms with E-state index in [1.807, 2.05) is 31.2 Å². The summed E-state index contributed by atoms with van der Waals surface area (Å²) in [5.74, 6) is 0.873. The molecular weight excluding hydrogens is 436 g/mol. The normalized spacial score (nSPS) is 15.4. The van der Waals surface area contributed by atoms with Crippen molar-refractivity contribution in [1.82, 2.24) is 14.8 Å². The number of esters is 1. The molecule has 4 rings (SSSR count). The third kappa shape index (κ3) is 4.40. The van der Waals surface area contributed by atoms with E-state index < -0.39 is 12.0 Å². The third-order valence-electron chi connectivity index (χ3n) is 4.85. The van der Waals surface area contributed by atoms with Gasteiger partial charge in [0.2, 0.25) is 11.1 Å². The predicted molar refractivity (Wildman–Crippen MR) is 120 cm³/mol. The van der Waals surface area contributed by atoms with Crippen LogP contribution in [-0.2, 0) is 15.3 Å². The van der Waals surface area contributed by atoms with Crippen LogP contribution < -0.4 is 5.32 Å². The highest BCUT2D eigenvalue weighted by atomic mass is 35.5. The molecule has 7 nitrogen and oxygen atoms in total. The molecule has 0 radical (unpaired) electrons. The second-order valence-corrected chi connectivity index (χ2v) is 8.27. The first kappa shape index (κ1) is 21.3. The van der Waals surface area contributed by atoms with Crippen LogP contribution in [0.25, 0.3) is 0 Å². The molecule has 1 aromatic heterocycles. The summed E-state index contributed by atoms with van der Waals surface area (Å²) in [6.07, 6.45) is 0. The summed E-state index contributed by atoms with van der Waals surface area (Å²) in [5, 5.41) is 18.8. The number of ether oxygens (including phenoxy) is 1. The molecule has 1 unspecified atom stereocenters. The van der Waals surface area contributed by atoms with Crippen molar-refractivity contribution < 1.29 is 14.6 Å². The summed E-state index contributed by atoms with van der Waals surface area (Å²) in [6.45, 7) is 3.85. The molecule has 1 atom stereocenters. The maximum atomic E-state index is 12.8. The minimum atomic E-state index is -0.530. The molecule has 0 bridgehead atoms. The van der Waals surface area contributed by atoms with Crippen LogP contribution in [0.5, 0.6) is 5.75 Å². The number of benzene rings is 2. The van der Waals surface area contributed by atoms with Gasteiger partial charge in [-0.3, -0.25) is 0 Å². The smallest absolute Gasteiger partial charge is 0.338 e. The van der Waals surface area contributed by atoms with Crippen LogP contribution >= 0.6 is 23.4 Å². The van der Waals surface area contributed by atoms with Crippen molar-refractivity contribution in [2.24, 2.45) is 0 Å². The van der Waals surface area contributed by atoms with Gasteiger partial charge in [-0.2, -0.15) is 4.98 Å². The molecule has 0 aliphatic carbocycles. The number of rotatable bonds is 6. The summed E-state index contributed by atoms with van der Waals surface area (Å²) >= 11 is 7.72. The van der Waals surface area contributed by atoms with Crippen LogP contribution in [0.15, 0.2) is 65.0 Å². The largest absolute Gasteiger partial charge is 0.508 e. The van der Waals surface area contributed by atoms with Gasteiger partial charge < -0.3 is 15.2 Å². The summed E-state index contributed by atoms with van der Waals surface area (Å²) < 4.78 is 6.98. The standard InChI is InChI=1S/C22H21ClN4O3S/c1-3-30-20(29)18-13(2)24-21-25-22(31-12-15-6-4-5-7-17(15)23)26-27(21)19(18)14-8-10-16(28)11-9-14/h4-11,19,28H,3,12H2,1-2H3,(H,24,25,26). The fraction of sp³-hybridized carbons (Fsp3) is 0.227. The lowest BCUT2D eigenvalue weighted by Crippen LogP contribution is -2.29. The number of hydrogen-bond acceptors (Lipinski definition) is 7. The number of nitrogens with zero attached hydrogens (tertiary/aromatic N) is 3. The molecule has 0 spiro atoms. The molecule has 9 heteroatoms. The Bertz CT molecular complexity index is 1140. The van der Waals surface area contributed by atoms with Gasteiger partial charge in [-0.1, -0.05) is 53.7 Å². The summed E-state index contributed by atoms with van der Waals surface area (Å²) in [5.41, 5.74) is 2.88. The van der Waals surface area contributed by atoms with Gasteiger partial charge in [0, 0.05) is 16.5 Å². The topological polar surface area (TPSA) is 89.3 Å². The summed E-state index contributed by atoms with van der Waals surface area (Å²) in [6, 6.07) is 13.8. The fourth-order valence-electron chi connectivity index (χ4n) is 3.39. The average molecular weight is 457 g/mol. The van der Waals surface area contributed by atoms with Gasteiger partial charge in [0.1, 0.15) is 11.8 Å². The van der Waals surface area contributed by atoms with E-state index in [0.29, 0.717) is 33.2 Å². The fourth-order valence-corrected chi connectivity index (χ4v) is 4.50. The summed E-state index contributed by atoms with van der Waals surface area (Å²) in [4.78, 5) is 17.4. The molecule has 0 saturated carbocycles. The first-order chi connectivity index (χ1) is 15.0.